The van der Waals surface area contributed by atoms with Crippen LogP contribution in [0.1, 0.15) is 58.1 Å². The fraction of sp³-hybridized carbons (Fsp3) is 0.231. The van der Waals surface area contributed by atoms with Crippen LogP contribution in [-0.2, 0) is 27.2 Å². The van der Waals surface area contributed by atoms with E-state index in [9.17, 15) is 29.4 Å². The number of rotatable bonds is 18. The summed E-state index contributed by atoms with van der Waals surface area (Å²) in [6.45, 7) is 1.14. The van der Waals surface area contributed by atoms with Crippen molar-refractivity contribution in [1.82, 2.24) is 16.0 Å². The molecule has 0 bridgehead atoms. The van der Waals surface area contributed by atoms with Crippen molar-refractivity contribution in [2.45, 2.75) is 61.7 Å². The van der Waals surface area contributed by atoms with Gasteiger partial charge in [0.05, 0.1) is 12.7 Å². The first-order valence-corrected chi connectivity index (χ1v) is 21.5. The quantitative estimate of drug-likeness (QED) is 0.0444. The van der Waals surface area contributed by atoms with Gasteiger partial charge in [-0.15, -0.1) is 0 Å². The van der Waals surface area contributed by atoms with Gasteiger partial charge in [0.1, 0.15) is 12.1 Å². The number of imide groups is 2. The molecule has 7 N–H and O–H groups in total. The maximum atomic E-state index is 13.7. The normalized spacial score (nSPS) is 15.7. The number of carboxylic acid groups (broad SMARTS) is 2. The molecule has 4 atom stereocenters. The van der Waals surface area contributed by atoms with Crippen molar-refractivity contribution >= 4 is 35.4 Å². The molecule has 12 heteroatoms. The summed E-state index contributed by atoms with van der Waals surface area (Å²) in [5, 5.41) is 33.9. The van der Waals surface area contributed by atoms with Gasteiger partial charge in [0.2, 0.25) is 0 Å². The third-order valence-corrected chi connectivity index (χ3v) is 11.6. The number of benzene rings is 6. The van der Waals surface area contributed by atoms with E-state index in [1.807, 2.05) is 170 Å². The Balaban J connectivity index is 0.997. The summed E-state index contributed by atoms with van der Waals surface area (Å²) in [7, 11) is 0. The Bertz CT molecular complexity index is 2200. The topological polar surface area (TPSA) is 178 Å². The summed E-state index contributed by atoms with van der Waals surface area (Å²) in [6.07, 6.45) is -0.108. The molecule has 0 radical (unpaired) electrons. The Kier molecular flexibility index (Phi) is 15.5. The molecular weight excluding hydrogens is 807 g/mol. The van der Waals surface area contributed by atoms with E-state index in [0.29, 0.717) is 32.4 Å². The minimum atomic E-state index is -1.42. The Morgan fingerprint density at radius 1 is 0.516 bits per heavy atom. The summed E-state index contributed by atoms with van der Waals surface area (Å²) in [4.78, 5) is 50.9. The molecule has 7 rings (SSSR count). The number of hydrogen-bond donors (Lipinski definition) is 7. The number of amides is 4. The van der Waals surface area contributed by atoms with Gasteiger partial charge in [-0.2, -0.15) is 0 Å². The second kappa shape index (κ2) is 22.2. The van der Waals surface area contributed by atoms with Gasteiger partial charge < -0.3 is 30.9 Å². The van der Waals surface area contributed by atoms with E-state index in [4.69, 9.17) is 4.74 Å². The lowest BCUT2D eigenvalue weighted by molar-refractivity contribution is -0.122. The number of carbonyl (C=O) groups is 4. The second-order valence-electron chi connectivity index (χ2n) is 15.9. The van der Waals surface area contributed by atoms with Crippen LogP contribution in [0.5, 0.6) is 0 Å². The highest BCUT2D eigenvalue weighted by Crippen LogP contribution is 2.34. The summed E-state index contributed by atoms with van der Waals surface area (Å²) in [5.74, 6) is -2.28. The molecular formula is C52H53N5O7. The lowest BCUT2D eigenvalue weighted by atomic mass is 9.84. The Morgan fingerprint density at radius 3 is 1.23 bits per heavy atom. The van der Waals surface area contributed by atoms with Crippen molar-refractivity contribution in [3.05, 3.63) is 203 Å². The van der Waals surface area contributed by atoms with Crippen LogP contribution in [0.25, 0.3) is 0 Å². The molecule has 1 fully saturated rings. The van der Waals surface area contributed by atoms with Crippen LogP contribution in [0.4, 0.5) is 21.0 Å². The highest BCUT2D eigenvalue weighted by atomic mass is 16.5. The van der Waals surface area contributed by atoms with E-state index in [-0.39, 0.29) is 12.1 Å². The molecule has 4 amide bonds. The molecule has 1 aliphatic rings. The average Bonchev–Trinajstić information content (AvgIpc) is 3.32. The van der Waals surface area contributed by atoms with E-state index < -0.39 is 47.9 Å². The van der Waals surface area contributed by atoms with Crippen LogP contribution in [0.3, 0.4) is 0 Å². The molecule has 0 saturated carbocycles. The van der Waals surface area contributed by atoms with Gasteiger partial charge in [0.15, 0.2) is 0 Å². The summed E-state index contributed by atoms with van der Waals surface area (Å²) < 4.78 is 6.41. The lowest BCUT2D eigenvalue weighted by Gasteiger charge is -2.32. The molecule has 0 spiro atoms. The number of para-hydroxylation sites is 2. The SMILES string of the molecule is O=C(O)NC(=O)[C@@H](Nc1ccccc1CC[C@@H]1CO[C@H](CCc2ccccc2N[C@H](C(=O)NC(=O)O)C(c2ccccc2)c2ccccc2)CN1)C(c1ccccc1)c1ccccc1. The van der Waals surface area contributed by atoms with Crippen LogP contribution >= 0.6 is 0 Å². The molecule has 0 aliphatic carbocycles. The highest BCUT2D eigenvalue weighted by molar-refractivity contribution is 5.97. The third kappa shape index (κ3) is 12.0. The predicted molar refractivity (Wildman–Crippen MR) is 248 cm³/mol. The molecule has 6 aromatic carbocycles. The minimum absolute atomic E-state index is 0.0628. The number of nitrogens with one attached hydrogen (secondary N) is 5. The molecule has 6 aromatic rings. The largest absolute Gasteiger partial charge is 0.465 e. The minimum Gasteiger partial charge on any atom is -0.465 e. The smallest absolute Gasteiger partial charge is 0.411 e. The lowest BCUT2D eigenvalue weighted by Crippen LogP contribution is -2.47. The fourth-order valence-electron chi connectivity index (χ4n) is 8.54. The van der Waals surface area contributed by atoms with Crippen molar-refractivity contribution in [1.29, 1.82) is 0 Å². The van der Waals surface area contributed by atoms with Gasteiger partial charge in [-0.05, 0) is 71.2 Å². The van der Waals surface area contributed by atoms with Crippen LogP contribution in [0, 0.1) is 0 Å². The second-order valence-corrected chi connectivity index (χ2v) is 15.9. The highest BCUT2D eigenvalue weighted by Gasteiger charge is 2.34. The van der Waals surface area contributed by atoms with E-state index in [1.165, 1.54) is 0 Å². The number of hydrogen-bond acceptors (Lipinski definition) is 8. The van der Waals surface area contributed by atoms with Gasteiger partial charge >= 0.3 is 12.2 Å². The van der Waals surface area contributed by atoms with E-state index in [0.717, 1.165) is 51.2 Å². The average molecular weight is 860 g/mol. The summed E-state index contributed by atoms with van der Waals surface area (Å²) in [6, 6.07) is 52.1. The molecule has 1 aliphatic heterocycles. The molecule has 12 nitrogen and oxygen atoms in total. The molecule has 1 saturated heterocycles. The maximum Gasteiger partial charge on any atom is 0.411 e. The number of anilines is 2. The molecule has 1 heterocycles. The monoisotopic (exact) mass is 859 g/mol. The van der Waals surface area contributed by atoms with Crippen LogP contribution in [0.15, 0.2) is 170 Å². The zero-order chi connectivity index (χ0) is 44.7. The van der Waals surface area contributed by atoms with Gasteiger partial charge in [0.25, 0.3) is 11.8 Å². The van der Waals surface area contributed by atoms with E-state index in [2.05, 4.69) is 26.6 Å². The zero-order valence-corrected chi connectivity index (χ0v) is 35.3. The van der Waals surface area contributed by atoms with Crippen LogP contribution < -0.4 is 26.6 Å². The van der Waals surface area contributed by atoms with Crippen LogP contribution in [0.2, 0.25) is 0 Å². The van der Waals surface area contributed by atoms with Crippen molar-refractivity contribution in [2.75, 3.05) is 23.8 Å². The standard InChI is InChI=1S/C52H53N5O7/c58-49(56-51(60)61)47(45(37-19-5-1-6-20-37)38-21-7-2-8-22-38)54-43-27-15-13-17-35(43)29-31-41-34-64-42(33-53-41)32-30-36-18-14-16-28-44(36)55-48(50(59)57-52(62)63)46(39-23-9-3-10-24-39)40-25-11-4-12-26-40/h1-28,41-42,45-48,53-55H,29-34H2,(H,56,58)(H,57,59)(H,60,61)(H,62,63)/t41-,42-,47+,48+/m1/s1. The van der Waals surface area contributed by atoms with Crippen molar-refractivity contribution in [3.8, 4) is 0 Å². The Hall–Kier alpha value is -7.28. The first kappa shape index (κ1) is 44.8. The molecule has 0 unspecified atom stereocenters. The van der Waals surface area contributed by atoms with Gasteiger partial charge in [0, 0.05) is 35.8 Å². The number of ether oxygens (including phenoxy) is 1. The first-order chi connectivity index (χ1) is 31.2. The molecule has 328 valence electrons. The number of aryl methyl sites for hydroxylation is 2. The fourth-order valence-corrected chi connectivity index (χ4v) is 8.54. The summed E-state index contributed by atoms with van der Waals surface area (Å²) >= 11 is 0. The summed E-state index contributed by atoms with van der Waals surface area (Å²) in [5.41, 5.74) is 6.92. The van der Waals surface area contributed by atoms with E-state index in [1.54, 1.807) is 0 Å². The van der Waals surface area contributed by atoms with Crippen LogP contribution in [-0.4, -0.2) is 71.6 Å². The van der Waals surface area contributed by atoms with Crippen molar-refractivity contribution in [2.24, 2.45) is 0 Å². The van der Waals surface area contributed by atoms with Gasteiger partial charge in [-0.1, -0.05) is 158 Å². The van der Waals surface area contributed by atoms with E-state index >= 15 is 0 Å². The first-order valence-electron chi connectivity index (χ1n) is 21.5. The zero-order valence-electron chi connectivity index (χ0n) is 35.3. The van der Waals surface area contributed by atoms with Gasteiger partial charge in [-0.3, -0.25) is 20.2 Å². The molecule has 64 heavy (non-hydrogen) atoms. The Labute approximate surface area is 373 Å². The maximum absolute atomic E-state index is 13.7. The number of morpholine rings is 1. The van der Waals surface area contributed by atoms with Gasteiger partial charge in [-0.25, -0.2) is 9.59 Å². The number of carbonyl (C=O) groups excluding carboxylic acids is 2. The molecule has 0 aromatic heterocycles. The Morgan fingerprint density at radius 2 is 0.875 bits per heavy atom. The predicted octanol–water partition coefficient (Wildman–Crippen LogP) is 8.42. The third-order valence-electron chi connectivity index (χ3n) is 11.6. The van der Waals surface area contributed by atoms with Crippen molar-refractivity contribution in [3.63, 3.8) is 0 Å². The van der Waals surface area contributed by atoms with Crippen molar-refractivity contribution < 1.29 is 34.1 Å².